The Hall–Kier alpha value is -3.47. The Morgan fingerprint density at radius 3 is 2.71 bits per heavy atom. The van der Waals surface area contributed by atoms with E-state index in [0.717, 1.165) is 32.1 Å². The third-order valence-corrected chi connectivity index (χ3v) is 13.5. The maximum atomic E-state index is 13.9. The van der Waals surface area contributed by atoms with Crippen molar-refractivity contribution in [1.82, 2.24) is 9.71 Å². The van der Waals surface area contributed by atoms with Crippen molar-refractivity contribution in [1.29, 1.82) is 0 Å². The fourth-order valence-corrected chi connectivity index (χ4v) is 9.67. The zero-order valence-corrected chi connectivity index (χ0v) is 28.7. The summed E-state index contributed by atoms with van der Waals surface area (Å²) in [4.78, 5) is 19.6. The number of hydrogen-bond acceptors (Lipinski definition) is 7. The molecular weight excluding hydrogens is 653 g/mol. The summed E-state index contributed by atoms with van der Waals surface area (Å²) in [5, 5.41) is 12.3. The van der Waals surface area contributed by atoms with Crippen molar-refractivity contribution in [3.05, 3.63) is 100 Å². The van der Waals surface area contributed by atoms with Crippen LogP contribution >= 0.6 is 11.6 Å². The topological polar surface area (TPSA) is 109 Å². The van der Waals surface area contributed by atoms with Crippen LogP contribution in [0.3, 0.4) is 0 Å². The summed E-state index contributed by atoms with van der Waals surface area (Å²) in [6.45, 7) is 4.98. The quantitative estimate of drug-likeness (QED) is 0.227. The second kappa shape index (κ2) is 12.4. The van der Waals surface area contributed by atoms with Crippen molar-refractivity contribution in [3.8, 4) is 5.75 Å². The van der Waals surface area contributed by atoms with Crippen LogP contribution in [0.5, 0.6) is 5.75 Å². The van der Waals surface area contributed by atoms with Gasteiger partial charge < -0.3 is 14.7 Å². The predicted octanol–water partition coefficient (Wildman–Crippen LogP) is 6.31. The lowest BCUT2D eigenvalue weighted by atomic mass is 9.62. The minimum atomic E-state index is -4.03. The third kappa shape index (κ3) is 5.90. The molecule has 1 spiro atoms. The highest BCUT2D eigenvalue weighted by molar-refractivity contribution is 7.90. The van der Waals surface area contributed by atoms with Crippen LogP contribution < -0.4 is 14.4 Å². The summed E-state index contributed by atoms with van der Waals surface area (Å²) in [5.74, 6) is -1.23. The second-order valence-corrected chi connectivity index (χ2v) is 16.7. The number of aryl methyl sites for hydroxylation is 1. The molecule has 7 rings (SSSR count). The average Bonchev–Trinajstić information content (AvgIpc) is 3.19. The molecule has 2 aromatic carbocycles. The number of rotatable bonds is 1. The van der Waals surface area contributed by atoms with E-state index in [1.165, 1.54) is 23.4 Å². The number of carbonyl (C=O) groups is 1. The number of ether oxygens (including phenoxy) is 1. The Kier molecular flexibility index (Phi) is 8.57. The molecule has 8 nitrogen and oxygen atoms in total. The Labute approximate surface area is 286 Å². The maximum Gasteiger partial charge on any atom is 0.264 e. The van der Waals surface area contributed by atoms with Gasteiger partial charge in [0.1, 0.15) is 11.4 Å². The molecule has 4 aliphatic rings. The Morgan fingerprint density at radius 1 is 1.12 bits per heavy atom. The highest BCUT2D eigenvalue weighted by Gasteiger charge is 2.49. The minimum Gasteiger partial charge on any atom is -0.490 e. The Bertz CT molecular complexity index is 1870. The second-order valence-electron chi connectivity index (χ2n) is 14.2. The molecule has 3 heterocycles. The zero-order valence-electron chi connectivity index (χ0n) is 27.2. The largest absolute Gasteiger partial charge is 0.490 e. The predicted molar refractivity (Wildman–Crippen MR) is 183 cm³/mol. The van der Waals surface area contributed by atoms with Crippen LogP contribution in [0.4, 0.5) is 10.1 Å². The first-order valence-corrected chi connectivity index (χ1v) is 18.7. The number of allylic oxidation sites excluding steroid dienone is 1. The summed E-state index contributed by atoms with van der Waals surface area (Å²) in [7, 11) is -4.03. The van der Waals surface area contributed by atoms with Crippen molar-refractivity contribution in [2.24, 2.45) is 17.8 Å². The SMILES string of the molecule is C[C@@H]1[C@@H](C)C/C=C/[C@@](O)(c2ccc(F)nc2)[C@@H]2CC[C@H]2CN2C[C@@]3(CCCc4cc(Cl)ccc43)COc3ccc(cc32)C(=O)NS1(=O)=O. The van der Waals surface area contributed by atoms with Gasteiger partial charge in [-0.05, 0) is 111 Å². The first kappa shape index (κ1) is 33.0. The number of aromatic nitrogens is 1. The molecule has 48 heavy (non-hydrogen) atoms. The summed E-state index contributed by atoms with van der Waals surface area (Å²) < 4.78 is 49.6. The maximum absolute atomic E-state index is 13.9. The van der Waals surface area contributed by atoms with Crippen LogP contribution in [-0.4, -0.2) is 49.4 Å². The van der Waals surface area contributed by atoms with Crippen LogP contribution in [0.1, 0.15) is 73.0 Å². The number of carbonyl (C=O) groups excluding carboxylic acids is 1. The van der Waals surface area contributed by atoms with Crippen molar-refractivity contribution in [3.63, 3.8) is 0 Å². The van der Waals surface area contributed by atoms with E-state index in [9.17, 15) is 22.7 Å². The summed E-state index contributed by atoms with van der Waals surface area (Å²) in [6.07, 6.45) is 9.69. The number of hydrogen-bond donors (Lipinski definition) is 2. The van der Waals surface area contributed by atoms with Gasteiger partial charge in [-0.3, -0.25) is 4.79 Å². The van der Waals surface area contributed by atoms with Gasteiger partial charge in [0.05, 0.1) is 17.5 Å². The lowest BCUT2D eigenvalue weighted by Gasteiger charge is -2.49. The highest BCUT2D eigenvalue weighted by Crippen LogP contribution is 2.50. The molecule has 1 aromatic heterocycles. The van der Waals surface area contributed by atoms with Crippen molar-refractivity contribution < 1.29 is 27.4 Å². The average molecular weight is 694 g/mol. The van der Waals surface area contributed by atoms with Gasteiger partial charge >= 0.3 is 0 Å². The number of aliphatic hydroxyl groups is 1. The van der Waals surface area contributed by atoms with Crippen LogP contribution in [-0.2, 0) is 27.5 Å². The standard InChI is InChI=1S/C37H41ClFN3O5S/c1-23-5-3-16-37(44,28-9-14-34(39)40-19-28)31-11-7-27(31)20-42-21-36(15-4-6-25-17-29(38)10-12-30(25)36)22-47-33-13-8-26(18-32(33)42)35(43)41-48(45,46)24(23)2/h3,8-10,12-14,16-19,23-24,27,31,44H,4-7,11,15,20-22H2,1-2H3,(H,41,43)/b16-3+/t23-,24+,27-,31+,36-,37+/m0/s1. The number of pyridine rings is 1. The molecule has 1 saturated carbocycles. The first-order chi connectivity index (χ1) is 22.9. The smallest absolute Gasteiger partial charge is 0.264 e. The molecule has 2 bridgehead atoms. The summed E-state index contributed by atoms with van der Waals surface area (Å²) in [6, 6.07) is 14.0. The lowest BCUT2D eigenvalue weighted by molar-refractivity contribution is -0.0503. The number of fused-ring (bicyclic) bond motifs is 4. The lowest BCUT2D eigenvalue weighted by Crippen LogP contribution is -2.51. The minimum absolute atomic E-state index is 0.0445. The summed E-state index contributed by atoms with van der Waals surface area (Å²) >= 11 is 6.42. The van der Waals surface area contributed by atoms with Gasteiger partial charge in [-0.15, -0.1) is 0 Å². The molecule has 254 valence electrons. The number of nitrogens with one attached hydrogen (secondary N) is 1. The first-order valence-electron chi connectivity index (χ1n) is 16.8. The number of amides is 1. The highest BCUT2D eigenvalue weighted by atomic mass is 35.5. The Balaban J connectivity index is 1.35. The van der Waals surface area contributed by atoms with Gasteiger partial charge in [-0.25, -0.2) is 18.1 Å². The van der Waals surface area contributed by atoms with E-state index in [4.69, 9.17) is 16.3 Å². The fraction of sp³-hybridized carbons (Fsp3) is 0.459. The normalized spacial score (nSPS) is 32.1. The van der Waals surface area contributed by atoms with E-state index < -0.39 is 32.7 Å². The monoisotopic (exact) mass is 693 g/mol. The number of anilines is 1. The van der Waals surface area contributed by atoms with Gasteiger partial charge in [-0.2, -0.15) is 4.39 Å². The summed E-state index contributed by atoms with van der Waals surface area (Å²) in [5.41, 5.74) is 2.03. The molecule has 2 aliphatic heterocycles. The van der Waals surface area contributed by atoms with Crippen LogP contribution in [0.25, 0.3) is 0 Å². The van der Waals surface area contributed by atoms with E-state index in [1.54, 1.807) is 44.2 Å². The Morgan fingerprint density at radius 2 is 1.96 bits per heavy atom. The molecule has 1 amide bonds. The van der Waals surface area contributed by atoms with Gasteiger partial charge in [-0.1, -0.05) is 36.7 Å². The number of benzene rings is 2. The molecule has 2 aliphatic carbocycles. The van der Waals surface area contributed by atoms with E-state index in [1.807, 2.05) is 18.2 Å². The molecule has 2 N–H and O–H groups in total. The van der Waals surface area contributed by atoms with Crippen molar-refractivity contribution in [2.75, 3.05) is 24.6 Å². The van der Waals surface area contributed by atoms with Gasteiger partial charge in [0.2, 0.25) is 16.0 Å². The van der Waals surface area contributed by atoms with Crippen molar-refractivity contribution in [2.45, 2.75) is 68.6 Å². The third-order valence-electron chi connectivity index (χ3n) is 11.3. The van der Waals surface area contributed by atoms with E-state index >= 15 is 0 Å². The van der Waals surface area contributed by atoms with Crippen LogP contribution in [0.15, 0.2) is 66.9 Å². The van der Waals surface area contributed by atoms with E-state index in [2.05, 4.69) is 20.7 Å². The molecular formula is C37H41ClFN3O5S. The fourth-order valence-electron chi connectivity index (χ4n) is 8.19. The number of nitrogens with zero attached hydrogens (tertiary/aromatic N) is 2. The number of halogens is 2. The van der Waals surface area contributed by atoms with Gasteiger partial charge in [0.25, 0.3) is 5.91 Å². The molecule has 3 aromatic rings. The molecule has 6 atom stereocenters. The van der Waals surface area contributed by atoms with Crippen LogP contribution in [0, 0.1) is 23.7 Å². The van der Waals surface area contributed by atoms with Gasteiger partial charge in [0.15, 0.2) is 0 Å². The van der Waals surface area contributed by atoms with E-state index in [-0.39, 0.29) is 28.7 Å². The molecule has 11 heteroatoms. The molecule has 0 radical (unpaired) electrons. The number of sulfonamides is 1. The van der Waals surface area contributed by atoms with Gasteiger partial charge in [0, 0.05) is 46.8 Å². The molecule has 0 unspecified atom stereocenters. The van der Waals surface area contributed by atoms with Crippen molar-refractivity contribution >= 4 is 33.2 Å². The molecule has 1 fully saturated rings. The van der Waals surface area contributed by atoms with Crippen LogP contribution in [0.2, 0.25) is 5.02 Å². The zero-order chi connectivity index (χ0) is 33.8. The van der Waals surface area contributed by atoms with E-state index in [0.29, 0.717) is 48.1 Å². The molecule has 0 saturated heterocycles.